The molecular formula is C31H39N3O5S. The fraction of sp³-hybridized carbons (Fsp3) is 0.355. The number of nitrogens with zero attached hydrogens (tertiary/aromatic N) is 2. The van der Waals surface area contributed by atoms with Crippen LogP contribution in [0.5, 0.6) is 5.75 Å². The number of carbonyl (C=O) groups excluding carboxylic acids is 2. The fourth-order valence-corrected chi connectivity index (χ4v) is 5.81. The molecule has 1 unspecified atom stereocenters. The summed E-state index contributed by atoms with van der Waals surface area (Å²) in [4.78, 5) is 28.7. The van der Waals surface area contributed by atoms with Crippen molar-refractivity contribution < 1.29 is 22.7 Å². The summed E-state index contributed by atoms with van der Waals surface area (Å²) in [6, 6.07) is 23.6. The van der Waals surface area contributed by atoms with Crippen LogP contribution in [0.2, 0.25) is 0 Å². The lowest BCUT2D eigenvalue weighted by molar-refractivity contribution is -0.139. The van der Waals surface area contributed by atoms with Crippen LogP contribution in [0.25, 0.3) is 0 Å². The fourth-order valence-electron chi connectivity index (χ4n) is 4.40. The second-order valence-corrected chi connectivity index (χ2v) is 11.3. The van der Waals surface area contributed by atoms with Gasteiger partial charge in [0.15, 0.2) is 0 Å². The van der Waals surface area contributed by atoms with Gasteiger partial charge in [-0.15, -0.1) is 0 Å². The van der Waals surface area contributed by atoms with Crippen LogP contribution in [0.3, 0.4) is 0 Å². The summed E-state index contributed by atoms with van der Waals surface area (Å²) in [5.41, 5.74) is 1.38. The summed E-state index contributed by atoms with van der Waals surface area (Å²) in [6.07, 6.45) is 2.70. The molecule has 8 nitrogen and oxygen atoms in total. The summed E-state index contributed by atoms with van der Waals surface area (Å²) < 4.78 is 34.0. The van der Waals surface area contributed by atoms with E-state index in [1.807, 2.05) is 44.2 Å². The van der Waals surface area contributed by atoms with Crippen LogP contribution >= 0.6 is 0 Å². The van der Waals surface area contributed by atoms with Gasteiger partial charge in [-0.05, 0) is 61.2 Å². The topological polar surface area (TPSA) is 96.0 Å². The first kappa shape index (κ1) is 30.7. The minimum absolute atomic E-state index is 0.0325. The van der Waals surface area contributed by atoms with Gasteiger partial charge >= 0.3 is 0 Å². The van der Waals surface area contributed by atoms with Crippen molar-refractivity contribution in [1.82, 2.24) is 10.2 Å². The second kappa shape index (κ2) is 15.1. The first-order valence-electron chi connectivity index (χ1n) is 13.6. The van der Waals surface area contributed by atoms with Gasteiger partial charge in [0.25, 0.3) is 10.0 Å². The first-order valence-corrected chi connectivity index (χ1v) is 15.1. The van der Waals surface area contributed by atoms with Crippen molar-refractivity contribution >= 4 is 27.5 Å². The zero-order chi connectivity index (χ0) is 29.0. The van der Waals surface area contributed by atoms with Crippen molar-refractivity contribution in [3.05, 3.63) is 90.5 Å². The Morgan fingerprint density at radius 2 is 1.52 bits per heavy atom. The van der Waals surface area contributed by atoms with Crippen LogP contribution in [0.1, 0.15) is 38.7 Å². The van der Waals surface area contributed by atoms with Crippen LogP contribution < -0.4 is 14.4 Å². The molecule has 3 aromatic rings. The largest absolute Gasteiger partial charge is 0.497 e. The van der Waals surface area contributed by atoms with E-state index >= 15 is 0 Å². The Kier molecular flexibility index (Phi) is 11.6. The predicted molar refractivity (Wildman–Crippen MR) is 158 cm³/mol. The molecule has 0 aliphatic rings. The zero-order valence-electron chi connectivity index (χ0n) is 23.5. The van der Waals surface area contributed by atoms with Crippen molar-refractivity contribution in [1.29, 1.82) is 0 Å². The van der Waals surface area contributed by atoms with Crippen LogP contribution in [0, 0.1) is 0 Å². The third-order valence-electron chi connectivity index (χ3n) is 6.67. The molecule has 0 aliphatic carbocycles. The minimum atomic E-state index is -4.12. The molecule has 3 aromatic carbocycles. The van der Waals surface area contributed by atoms with Gasteiger partial charge in [0.1, 0.15) is 18.3 Å². The number of para-hydroxylation sites is 1. The quantitative estimate of drug-likeness (QED) is 0.271. The molecule has 0 saturated heterocycles. The highest BCUT2D eigenvalue weighted by Gasteiger charge is 2.33. The van der Waals surface area contributed by atoms with E-state index in [9.17, 15) is 18.0 Å². The number of hydrogen-bond donors (Lipinski definition) is 1. The Morgan fingerprint density at radius 3 is 2.10 bits per heavy atom. The number of anilines is 1. The molecule has 2 amide bonds. The summed E-state index contributed by atoms with van der Waals surface area (Å²) in [5.74, 6) is -0.163. The highest BCUT2D eigenvalue weighted by molar-refractivity contribution is 7.92. The lowest BCUT2D eigenvalue weighted by atomic mass is 10.1. The molecule has 1 atom stereocenters. The smallest absolute Gasteiger partial charge is 0.264 e. The van der Waals surface area contributed by atoms with Gasteiger partial charge in [-0.1, -0.05) is 68.8 Å². The van der Waals surface area contributed by atoms with E-state index in [1.165, 1.54) is 24.1 Å². The molecule has 1 N–H and O–H groups in total. The Balaban J connectivity index is 1.95. The highest BCUT2D eigenvalue weighted by Crippen LogP contribution is 2.25. The molecule has 214 valence electrons. The van der Waals surface area contributed by atoms with Gasteiger partial charge in [-0.2, -0.15) is 0 Å². The van der Waals surface area contributed by atoms with Crippen molar-refractivity contribution in [2.75, 3.05) is 31.0 Å². The van der Waals surface area contributed by atoms with Gasteiger partial charge in [-0.3, -0.25) is 13.9 Å². The van der Waals surface area contributed by atoms with Gasteiger partial charge in [-0.25, -0.2) is 8.42 Å². The van der Waals surface area contributed by atoms with E-state index in [4.69, 9.17) is 4.74 Å². The molecule has 0 radical (unpaired) electrons. The van der Waals surface area contributed by atoms with Crippen molar-refractivity contribution in [2.45, 2.75) is 50.5 Å². The second-order valence-electron chi connectivity index (χ2n) is 9.41. The molecule has 0 bridgehead atoms. The van der Waals surface area contributed by atoms with Crippen LogP contribution in [0.15, 0.2) is 89.8 Å². The van der Waals surface area contributed by atoms with E-state index in [2.05, 4.69) is 5.32 Å². The normalized spacial score (nSPS) is 11.9. The van der Waals surface area contributed by atoms with E-state index < -0.39 is 28.5 Å². The molecular weight excluding hydrogens is 526 g/mol. The summed E-state index contributed by atoms with van der Waals surface area (Å²) in [6.45, 7) is 4.24. The molecule has 3 rings (SSSR count). The van der Waals surface area contributed by atoms with Gasteiger partial charge in [0.05, 0.1) is 17.7 Å². The SMILES string of the molecule is CCCCNC(=O)C(CC)N(CCc1ccccc1)C(=O)CN(c1ccccc1)S(=O)(=O)c1ccc(OC)cc1. The zero-order valence-corrected chi connectivity index (χ0v) is 24.3. The van der Waals surface area contributed by atoms with E-state index in [1.54, 1.807) is 42.5 Å². The standard InChI is InChI=1S/C31H39N3O5S/c1-4-6-22-32-31(36)29(5-2)33(23-21-25-13-9-7-10-14-25)30(35)24-34(26-15-11-8-12-16-26)40(37,38)28-19-17-27(39-3)18-20-28/h7-20,29H,4-6,21-24H2,1-3H3,(H,32,36). The number of sulfonamides is 1. The average Bonchev–Trinajstić information content (AvgIpc) is 2.98. The Bertz CT molecular complexity index is 1320. The molecule has 0 aliphatic heterocycles. The van der Waals surface area contributed by atoms with E-state index in [-0.39, 0.29) is 17.3 Å². The number of nitrogens with one attached hydrogen (secondary N) is 1. The number of methoxy groups -OCH3 is 1. The number of rotatable bonds is 15. The van der Waals surface area contributed by atoms with E-state index in [0.717, 1.165) is 22.7 Å². The Labute approximate surface area is 238 Å². The maximum absolute atomic E-state index is 14.0. The van der Waals surface area contributed by atoms with Crippen LogP contribution in [-0.2, 0) is 26.0 Å². The summed E-state index contributed by atoms with van der Waals surface area (Å²) in [7, 11) is -2.61. The molecule has 0 aromatic heterocycles. The highest BCUT2D eigenvalue weighted by atomic mass is 32.2. The molecule has 0 spiro atoms. The molecule has 0 heterocycles. The number of benzene rings is 3. The third kappa shape index (κ3) is 8.08. The maximum atomic E-state index is 14.0. The molecule has 0 saturated carbocycles. The number of carbonyl (C=O) groups is 2. The summed E-state index contributed by atoms with van der Waals surface area (Å²) >= 11 is 0. The number of hydrogen-bond acceptors (Lipinski definition) is 5. The number of unbranched alkanes of at least 4 members (excludes halogenated alkanes) is 1. The minimum Gasteiger partial charge on any atom is -0.497 e. The molecule has 40 heavy (non-hydrogen) atoms. The maximum Gasteiger partial charge on any atom is 0.264 e. The van der Waals surface area contributed by atoms with Crippen LogP contribution in [0.4, 0.5) is 5.69 Å². The Morgan fingerprint density at radius 1 is 0.900 bits per heavy atom. The number of ether oxygens (including phenoxy) is 1. The Hall–Kier alpha value is -3.85. The van der Waals surface area contributed by atoms with E-state index in [0.29, 0.717) is 30.8 Å². The third-order valence-corrected chi connectivity index (χ3v) is 8.46. The van der Waals surface area contributed by atoms with Crippen molar-refractivity contribution in [3.63, 3.8) is 0 Å². The van der Waals surface area contributed by atoms with Crippen molar-refractivity contribution in [2.24, 2.45) is 0 Å². The predicted octanol–water partition coefficient (Wildman–Crippen LogP) is 4.66. The monoisotopic (exact) mass is 565 g/mol. The summed E-state index contributed by atoms with van der Waals surface area (Å²) in [5, 5.41) is 2.94. The average molecular weight is 566 g/mol. The van der Waals surface area contributed by atoms with Gasteiger partial charge in [0, 0.05) is 13.1 Å². The molecule has 0 fully saturated rings. The lowest BCUT2D eigenvalue weighted by Gasteiger charge is -2.33. The van der Waals surface area contributed by atoms with Crippen LogP contribution in [-0.4, -0.2) is 57.9 Å². The number of amides is 2. The van der Waals surface area contributed by atoms with Gasteiger partial charge in [0.2, 0.25) is 11.8 Å². The van der Waals surface area contributed by atoms with Crippen molar-refractivity contribution in [3.8, 4) is 5.75 Å². The molecule has 9 heteroatoms. The van der Waals surface area contributed by atoms with Gasteiger partial charge < -0.3 is 15.0 Å². The first-order chi connectivity index (χ1) is 19.3. The lowest BCUT2D eigenvalue weighted by Crippen LogP contribution is -2.53.